The van der Waals surface area contributed by atoms with Crippen LogP contribution in [0.15, 0.2) is 64.2 Å². The van der Waals surface area contributed by atoms with Gasteiger partial charge < -0.3 is 15.0 Å². The summed E-state index contributed by atoms with van der Waals surface area (Å²) in [5.41, 5.74) is 1.22. The van der Waals surface area contributed by atoms with E-state index in [0.29, 0.717) is 48.3 Å². The van der Waals surface area contributed by atoms with Crippen molar-refractivity contribution < 1.29 is 9.53 Å². The van der Waals surface area contributed by atoms with Crippen LogP contribution in [-0.2, 0) is 4.74 Å². The lowest BCUT2D eigenvalue weighted by Gasteiger charge is -2.31. The number of aromatic nitrogens is 2. The summed E-state index contributed by atoms with van der Waals surface area (Å²) in [4.78, 5) is 38.7. The Labute approximate surface area is 176 Å². The molecule has 0 radical (unpaired) electrons. The average Bonchev–Trinajstić information content (AvgIpc) is 2.76. The molecule has 8 nitrogen and oxygen atoms in total. The summed E-state index contributed by atoms with van der Waals surface area (Å²) in [7, 11) is 0. The fourth-order valence-corrected chi connectivity index (χ4v) is 3.62. The number of rotatable bonds is 4. The first kappa shape index (κ1) is 19.9. The third-order valence-electron chi connectivity index (χ3n) is 4.75. The molecule has 0 atom stereocenters. The monoisotopic (exact) mass is 426 g/mol. The van der Waals surface area contributed by atoms with E-state index in [9.17, 15) is 14.4 Å². The van der Waals surface area contributed by atoms with E-state index < -0.39 is 11.1 Å². The number of nitrogens with zero attached hydrogens (tertiary/aromatic N) is 2. The molecule has 2 aromatic carbocycles. The highest BCUT2D eigenvalue weighted by Crippen LogP contribution is 2.34. The maximum absolute atomic E-state index is 12.9. The lowest BCUT2D eigenvalue weighted by molar-refractivity contribution is 0.102. The van der Waals surface area contributed by atoms with E-state index in [1.54, 1.807) is 36.4 Å². The molecule has 3 aromatic rings. The second-order valence-electron chi connectivity index (χ2n) is 6.72. The Hall–Kier alpha value is -3.36. The maximum atomic E-state index is 12.9. The van der Waals surface area contributed by atoms with Crippen molar-refractivity contribution in [1.29, 1.82) is 0 Å². The number of anilines is 2. The van der Waals surface area contributed by atoms with E-state index in [1.807, 2.05) is 0 Å². The largest absolute Gasteiger partial charge is 0.378 e. The van der Waals surface area contributed by atoms with Gasteiger partial charge in [0.25, 0.3) is 17.0 Å². The zero-order valence-corrected chi connectivity index (χ0v) is 16.7. The van der Waals surface area contributed by atoms with Gasteiger partial charge in [-0.05, 0) is 30.3 Å². The van der Waals surface area contributed by atoms with Gasteiger partial charge in [0, 0.05) is 30.8 Å². The predicted molar refractivity (Wildman–Crippen MR) is 115 cm³/mol. The van der Waals surface area contributed by atoms with Crippen LogP contribution in [-0.4, -0.2) is 42.0 Å². The normalized spacial score (nSPS) is 13.8. The van der Waals surface area contributed by atoms with Gasteiger partial charge in [-0.1, -0.05) is 23.7 Å². The summed E-state index contributed by atoms with van der Waals surface area (Å²) in [5, 5.41) is 5.89. The van der Waals surface area contributed by atoms with Crippen LogP contribution >= 0.6 is 11.6 Å². The van der Waals surface area contributed by atoms with Crippen LogP contribution in [0.1, 0.15) is 10.4 Å². The first-order valence-corrected chi connectivity index (χ1v) is 9.76. The Morgan fingerprint density at radius 3 is 2.60 bits per heavy atom. The molecule has 0 spiro atoms. The van der Waals surface area contributed by atoms with Gasteiger partial charge >= 0.3 is 0 Å². The Bertz CT molecular complexity index is 1200. The molecule has 0 unspecified atom stereocenters. The molecule has 1 aliphatic rings. The van der Waals surface area contributed by atoms with Crippen molar-refractivity contribution in [3.05, 3.63) is 85.9 Å². The minimum Gasteiger partial charge on any atom is -0.378 e. The van der Waals surface area contributed by atoms with Crippen molar-refractivity contribution in [3.63, 3.8) is 0 Å². The molecule has 2 heterocycles. The minimum atomic E-state index is -0.418. The number of nitrogens with one attached hydrogen (secondary N) is 2. The summed E-state index contributed by atoms with van der Waals surface area (Å²) in [6, 6.07) is 14.1. The number of hydrogen-bond acceptors (Lipinski definition) is 5. The van der Waals surface area contributed by atoms with E-state index in [4.69, 9.17) is 16.3 Å². The van der Waals surface area contributed by atoms with Crippen LogP contribution in [0.3, 0.4) is 0 Å². The molecule has 1 fully saturated rings. The molecule has 1 saturated heterocycles. The van der Waals surface area contributed by atoms with Gasteiger partial charge in [0.1, 0.15) is 0 Å². The van der Waals surface area contributed by atoms with Crippen molar-refractivity contribution >= 4 is 28.9 Å². The van der Waals surface area contributed by atoms with Crippen LogP contribution < -0.4 is 21.3 Å². The summed E-state index contributed by atoms with van der Waals surface area (Å²) >= 11 is 6.42. The van der Waals surface area contributed by atoms with E-state index in [1.165, 1.54) is 12.1 Å². The number of halogens is 1. The smallest absolute Gasteiger partial charge is 0.269 e. The number of morpholine rings is 1. The van der Waals surface area contributed by atoms with Gasteiger partial charge in [0.05, 0.1) is 35.3 Å². The Balaban J connectivity index is 1.64. The van der Waals surface area contributed by atoms with Gasteiger partial charge in [-0.2, -0.15) is 0 Å². The number of carbonyl (C=O) groups excluding carboxylic acids is 1. The van der Waals surface area contributed by atoms with Crippen LogP contribution in [0, 0.1) is 0 Å². The first-order valence-electron chi connectivity index (χ1n) is 9.38. The maximum Gasteiger partial charge on any atom is 0.269 e. The molecule has 2 N–H and O–H groups in total. The molecule has 0 saturated carbocycles. The van der Waals surface area contributed by atoms with Crippen molar-refractivity contribution in [1.82, 2.24) is 9.78 Å². The van der Waals surface area contributed by atoms with Gasteiger partial charge in [-0.3, -0.25) is 19.5 Å². The molecule has 1 amide bonds. The highest BCUT2D eigenvalue weighted by atomic mass is 35.5. The van der Waals surface area contributed by atoms with E-state index in [0.717, 1.165) is 16.4 Å². The van der Waals surface area contributed by atoms with Crippen molar-refractivity contribution in [2.24, 2.45) is 0 Å². The van der Waals surface area contributed by atoms with Gasteiger partial charge in [0.2, 0.25) is 0 Å². The average molecular weight is 427 g/mol. The Kier molecular flexibility index (Phi) is 5.69. The Morgan fingerprint density at radius 1 is 1.03 bits per heavy atom. The predicted octanol–water partition coefficient (Wildman–Crippen LogP) is 2.27. The topological polar surface area (TPSA) is 96.4 Å². The molecule has 0 aliphatic carbocycles. The van der Waals surface area contributed by atoms with Gasteiger partial charge in [-0.25, -0.2) is 4.68 Å². The molecule has 9 heteroatoms. The summed E-state index contributed by atoms with van der Waals surface area (Å²) in [6.07, 6.45) is 0. The number of H-pyrrole nitrogens is 1. The number of ether oxygens (including phenoxy) is 1. The molecule has 154 valence electrons. The molecular weight excluding hydrogens is 408 g/mol. The molecule has 4 rings (SSSR count). The summed E-state index contributed by atoms with van der Waals surface area (Å²) in [5.74, 6) is -0.361. The SMILES string of the molecule is O=C(Nc1cccc(Cl)c1N1CCOCC1)c1cccc(-n2[nH]c(=O)ccc2=O)c1. The van der Waals surface area contributed by atoms with Crippen molar-refractivity contribution in [3.8, 4) is 5.69 Å². The molecule has 0 bridgehead atoms. The standard InChI is InChI=1S/C21H19ClN4O4/c22-16-5-2-6-17(20(16)25-9-11-30-12-10-25)23-21(29)14-3-1-4-15(13-14)26-19(28)8-7-18(27)24-26/h1-8,13H,9-12H2,(H,23,29)(H,24,27). The van der Waals surface area contributed by atoms with E-state index in [-0.39, 0.29) is 5.91 Å². The summed E-state index contributed by atoms with van der Waals surface area (Å²) in [6.45, 7) is 2.52. The second-order valence-corrected chi connectivity index (χ2v) is 7.13. The number of amides is 1. The quantitative estimate of drug-likeness (QED) is 0.667. The number of para-hydroxylation sites is 1. The highest BCUT2D eigenvalue weighted by molar-refractivity contribution is 6.34. The third kappa shape index (κ3) is 4.14. The van der Waals surface area contributed by atoms with Gasteiger partial charge in [0.15, 0.2) is 0 Å². The fraction of sp³-hybridized carbons (Fsp3) is 0.190. The van der Waals surface area contributed by atoms with Crippen molar-refractivity contribution in [2.45, 2.75) is 0 Å². The molecule has 1 aliphatic heterocycles. The second kappa shape index (κ2) is 8.56. The number of benzene rings is 2. The highest BCUT2D eigenvalue weighted by Gasteiger charge is 2.19. The third-order valence-corrected chi connectivity index (χ3v) is 5.05. The van der Waals surface area contributed by atoms with Crippen LogP contribution in [0.5, 0.6) is 0 Å². The number of aromatic amines is 1. The number of hydrogen-bond donors (Lipinski definition) is 2. The lowest BCUT2D eigenvalue weighted by atomic mass is 10.1. The molecule has 1 aromatic heterocycles. The fourth-order valence-electron chi connectivity index (χ4n) is 3.32. The molecular formula is C21H19ClN4O4. The Morgan fingerprint density at radius 2 is 1.80 bits per heavy atom. The lowest BCUT2D eigenvalue weighted by Crippen LogP contribution is -2.37. The van der Waals surface area contributed by atoms with Crippen LogP contribution in [0.2, 0.25) is 5.02 Å². The number of carbonyl (C=O) groups is 1. The van der Waals surface area contributed by atoms with E-state index in [2.05, 4.69) is 15.3 Å². The van der Waals surface area contributed by atoms with Crippen molar-refractivity contribution in [2.75, 3.05) is 36.5 Å². The minimum absolute atomic E-state index is 0.331. The zero-order chi connectivity index (χ0) is 21.1. The van der Waals surface area contributed by atoms with Crippen LogP contribution in [0.4, 0.5) is 11.4 Å². The first-order chi connectivity index (χ1) is 14.5. The zero-order valence-electron chi connectivity index (χ0n) is 15.9. The van der Waals surface area contributed by atoms with E-state index >= 15 is 0 Å². The molecule has 30 heavy (non-hydrogen) atoms. The summed E-state index contributed by atoms with van der Waals surface area (Å²) < 4.78 is 6.49. The van der Waals surface area contributed by atoms with Crippen LogP contribution in [0.25, 0.3) is 5.69 Å². The van der Waals surface area contributed by atoms with Gasteiger partial charge in [-0.15, -0.1) is 0 Å².